The van der Waals surface area contributed by atoms with E-state index >= 15 is 0 Å². The Morgan fingerprint density at radius 1 is 1.45 bits per heavy atom. The molecule has 0 aliphatic carbocycles. The van der Waals surface area contributed by atoms with Gasteiger partial charge < -0.3 is 4.42 Å². The quantitative estimate of drug-likeness (QED) is 0.394. The molecule has 5 heteroatoms. The summed E-state index contributed by atoms with van der Waals surface area (Å²) in [5.74, 6) is 0.563. The van der Waals surface area contributed by atoms with Crippen molar-refractivity contribution in [2.45, 2.75) is 13.7 Å². The molecular formula is C15H15BBrINO. The number of hydrogen-bond donors (Lipinski definition) is 0. The molecule has 0 atom stereocenters. The highest BCUT2D eigenvalue weighted by Gasteiger charge is 2.05. The van der Waals surface area contributed by atoms with Gasteiger partial charge in [0.25, 0.3) is 0 Å². The molecule has 1 radical (unpaired) electrons. The van der Waals surface area contributed by atoms with E-state index in [1.54, 1.807) is 0 Å². The molecule has 1 aromatic rings. The van der Waals surface area contributed by atoms with Gasteiger partial charge in [-0.05, 0) is 57.7 Å². The van der Waals surface area contributed by atoms with Crippen LogP contribution in [0.15, 0.2) is 43.4 Å². The van der Waals surface area contributed by atoms with Crippen LogP contribution in [0.4, 0.5) is 0 Å². The van der Waals surface area contributed by atoms with E-state index in [0.29, 0.717) is 16.7 Å². The summed E-state index contributed by atoms with van der Waals surface area (Å²) >= 11 is 5.52. The maximum Gasteiger partial charge on any atom is 0.213 e. The molecule has 1 aromatic heterocycles. The van der Waals surface area contributed by atoms with Gasteiger partial charge >= 0.3 is 0 Å². The fraction of sp³-hybridized carbons (Fsp3) is 0.133. The minimum atomic E-state index is 0.563. The second-order valence-corrected chi connectivity index (χ2v) is 6.60. The van der Waals surface area contributed by atoms with Gasteiger partial charge in [-0.3, -0.25) is 0 Å². The first-order valence-electron chi connectivity index (χ1n) is 5.96. The van der Waals surface area contributed by atoms with E-state index in [1.807, 2.05) is 51.4 Å². The molecule has 0 amide bonds. The summed E-state index contributed by atoms with van der Waals surface area (Å²) in [7, 11) is 1.95. The van der Waals surface area contributed by atoms with Crippen molar-refractivity contribution in [2.75, 3.05) is 0 Å². The number of halogens is 2. The second kappa shape index (κ2) is 8.47. The van der Waals surface area contributed by atoms with Gasteiger partial charge in [0.15, 0.2) is 12.7 Å². The number of rotatable bonds is 5. The van der Waals surface area contributed by atoms with Gasteiger partial charge in [-0.2, -0.15) is 0 Å². The van der Waals surface area contributed by atoms with E-state index < -0.39 is 0 Å². The van der Waals surface area contributed by atoms with E-state index in [9.17, 15) is 0 Å². The topological polar surface area (TPSA) is 26.0 Å². The third-order valence-corrected chi connectivity index (χ3v) is 2.93. The summed E-state index contributed by atoms with van der Waals surface area (Å²) in [5.41, 5.74) is 1.57. The minimum Gasteiger partial charge on any atom is -0.437 e. The maximum absolute atomic E-state index is 5.72. The summed E-state index contributed by atoms with van der Waals surface area (Å²) in [4.78, 5) is 4.35. The Balaban J connectivity index is 3.16. The van der Waals surface area contributed by atoms with Crippen molar-refractivity contribution in [3.63, 3.8) is 0 Å². The lowest BCUT2D eigenvalue weighted by atomic mass is 9.72. The standard InChI is InChI=1S/C15H15BBrINO/c1-10(17)8-9-14-12(3)19-15(20-14)13(16-4)7-5-6-11(2)18/h5-9H,2-3H2,1,4H3/b6-5-,10-8+,13-7-,14-9+. The molecule has 0 aliphatic heterocycles. The van der Waals surface area contributed by atoms with E-state index in [4.69, 9.17) is 4.42 Å². The molecule has 0 spiro atoms. The monoisotopic (exact) mass is 442 g/mol. The van der Waals surface area contributed by atoms with Gasteiger partial charge in [-0.15, -0.1) is 0 Å². The zero-order valence-corrected chi connectivity index (χ0v) is 15.2. The molecule has 0 N–H and O–H groups in total. The Hall–Kier alpha value is -0.815. The Labute approximate surface area is 142 Å². The molecular weight excluding hydrogens is 428 g/mol. The summed E-state index contributed by atoms with van der Waals surface area (Å²) in [5, 5.41) is 0.625. The Morgan fingerprint density at radius 2 is 2.15 bits per heavy atom. The zero-order valence-electron chi connectivity index (χ0n) is 11.5. The first-order chi connectivity index (χ1) is 9.43. The molecule has 2 nitrogen and oxygen atoms in total. The first-order valence-corrected chi connectivity index (χ1v) is 7.83. The zero-order chi connectivity index (χ0) is 15.1. The lowest BCUT2D eigenvalue weighted by molar-refractivity contribution is 0.513. The van der Waals surface area contributed by atoms with Crippen molar-refractivity contribution < 1.29 is 4.42 Å². The fourth-order valence-corrected chi connectivity index (χ4v) is 1.69. The molecule has 1 rings (SSSR count). The number of hydrogen-bond acceptors (Lipinski definition) is 2. The lowest BCUT2D eigenvalue weighted by Gasteiger charge is -1.95. The van der Waals surface area contributed by atoms with Crippen LogP contribution in [-0.2, 0) is 0 Å². The van der Waals surface area contributed by atoms with Crippen molar-refractivity contribution in [2.24, 2.45) is 0 Å². The summed E-state index contributed by atoms with van der Waals surface area (Å²) in [6.45, 7) is 11.6. The van der Waals surface area contributed by atoms with E-state index in [0.717, 1.165) is 13.5 Å². The fourth-order valence-electron chi connectivity index (χ4n) is 1.35. The molecule has 0 unspecified atom stereocenters. The van der Waals surface area contributed by atoms with Crippen LogP contribution in [0.25, 0.3) is 18.1 Å². The molecule has 1 heterocycles. The van der Waals surface area contributed by atoms with Gasteiger partial charge in [0.2, 0.25) is 5.89 Å². The van der Waals surface area contributed by atoms with Crippen molar-refractivity contribution >= 4 is 63.9 Å². The lowest BCUT2D eigenvalue weighted by Crippen LogP contribution is -2.19. The molecule has 0 saturated carbocycles. The Morgan fingerprint density at radius 3 is 2.70 bits per heavy atom. The highest BCUT2D eigenvalue weighted by Crippen LogP contribution is 2.09. The molecule has 0 fully saturated rings. The Kier molecular flexibility index (Phi) is 7.30. The third-order valence-electron chi connectivity index (χ3n) is 2.30. The average Bonchev–Trinajstić information content (AvgIpc) is 2.73. The van der Waals surface area contributed by atoms with Crippen molar-refractivity contribution in [1.82, 2.24) is 4.98 Å². The van der Waals surface area contributed by atoms with Crippen LogP contribution in [0.5, 0.6) is 0 Å². The highest BCUT2D eigenvalue weighted by molar-refractivity contribution is 14.1. The first kappa shape index (κ1) is 17.2. The van der Waals surface area contributed by atoms with Crippen LogP contribution in [0.2, 0.25) is 6.82 Å². The van der Waals surface area contributed by atoms with Crippen LogP contribution in [0.1, 0.15) is 12.8 Å². The molecule has 0 saturated heterocycles. The third kappa shape index (κ3) is 5.67. The van der Waals surface area contributed by atoms with Crippen LogP contribution < -0.4 is 10.8 Å². The smallest absolute Gasteiger partial charge is 0.213 e. The summed E-state index contributed by atoms with van der Waals surface area (Å²) in [6.07, 6.45) is 9.52. The number of aromatic nitrogens is 1. The minimum absolute atomic E-state index is 0.563. The number of oxazole rings is 1. The van der Waals surface area contributed by atoms with Gasteiger partial charge in [-0.1, -0.05) is 48.1 Å². The van der Waals surface area contributed by atoms with E-state index in [1.165, 1.54) is 0 Å². The van der Waals surface area contributed by atoms with Gasteiger partial charge in [-0.25, -0.2) is 4.98 Å². The molecule has 0 aliphatic rings. The predicted octanol–water partition coefficient (Wildman–Crippen LogP) is 3.76. The van der Waals surface area contributed by atoms with Crippen LogP contribution in [0, 0.1) is 0 Å². The van der Waals surface area contributed by atoms with Crippen molar-refractivity contribution in [1.29, 1.82) is 0 Å². The Bertz CT molecular complexity index is 681. The maximum atomic E-state index is 5.72. The highest BCUT2D eigenvalue weighted by atomic mass is 127. The van der Waals surface area contributed by atoms with Crippen LogP contribution in [-0.4, -0.2) is 12.3 Å². The summed E-state index contributed by atoms with van der Waals surface area (Å²) in [6, 6.07) is 0. The number of allylic oxidation sites excluding steroid dienone is 6. The second-order valence-electron chi connectivity index (χ2n) is 3.97. The molecule has 0 aromatic carbocycles. The van der Waals surface area contributed by atoms with E-state index in [-0.39, 0.29) is 0 Å². The van der Waals surface area contributed by atoms with Crippen LogP contribution in [0.3, 0.4) is 0 Å². The number of nitrogens with zero attached hydrogens (tertiary/aromatic N) is 1. The van der Waals surface area contributed by atoms with Gasteiger partial charge in [0.05, 0.1) is 0 Å². The molecule has 20 heavy (non-hydrogen) atoms. The SMILES string of the molecule is C=C(I)/C=C\C=C(/[B]C)c1nc(=C)/c(=C\C=C(/C)Br)o1. The normalized spacial score (nSPS) is 14.1. The van der Waals surface area contributed by atoms with Crippen molar-refractivity contribution in [3.05, 3.63) is 55.6 Å². The van der Waals surface area contributed by atoms with Crippen molar-refractivity contribution in [3.8, 4) is 0 Å². The molecule has 0 bridgehead atoms. The van der Waals surface area contributed by atoms with E-state index in [2.05, 4.69) is 56.7 Å². The van der Waals surface area contributed by atoms with Gasteiger partial charge in [0.1, 0.15) is 5.35 Å². The average molecular weight is 443 g/mol. The van der Waals surface area contributed by atoms with Gasteiger partial charge in [0, 0.05) is 3.58 Å². The largest absolute Gasteiger partial charge is 0.437 e. The predicted molar refractivity (Wildman–Crippen MR) is 100 cm³/mol. The molecule has 103 valence electrons. The summed E-state index contributed by atoms with van der Waals surface area (Å²) < 4.78 is 7.70. The van der Waals surface area contributed by atoms with Crippen LogP contribution >= 0.6 is 38.5 Å².